The summed E-state index contributed by atoms with van der Waals surface area (Å²) < 4.78 is 2.26. The van der Waals surface area contributed by atoms with E-state index in [0.29, 0.717) is 12.6 Å². The van der Waals surface area contributed by atoms with Gasteiger partial charge in [0.25, 0.3) is 0 Å². The molecule has 0 amide bonds. The van der Waals surface area contributed by atoms with E-state index in [-0.39, 0.29) is 0 Å². The Morgan fingerprint density at radius 3 is 2.87 bits per heavy atom. The topological polar surface area (TPSA) is 69.9 Å². The number of anilines is 1. The summed E-state index contributed by atoms with van der Waals surface area (Å²) in [6, 6.07) is 6.48. The third-order valence-corrected chi connectivity index (χ3v) is 2.88. The van der Waals surface area contributed by atoms with Crippen LogP contribution in [0, 0.1) is 0 Å². The Bertz CT molecular complexity index is 511. The fourth-order valence-electron chi connectivity index (χ4n) is 2.05. The van der Waals surface area contributed by atoms with Gasteiger partial charge in [0.1, 0.15) is 5.82 Å². The highest BCUT2D eigenvalue weighted by Gasteiger charge is 2.27. The maximum Gasteiger partial charge on any atom is 0.123 e. The first-order valence-electron chi connectivity index (χ1n) is 5.26. The van der Waals surface area contributed by atoms with E-state index in [4.69, 9.17) is 11.5 Å². The standard InChI is InChI=1S/C11H14N4/c12-6-11-14-9-5-7(13)1-4-10(9)15(11)8-2-3-8/h1,4-5,8H,2-3,6,12-13H2. The van der Waals surface area contributed by atoms with Gasteiger partial charge in [-0.25, -0.2) is 4.98 Å². The van der Waals surface area contributed by atoms with Crippen LogP contribution in [0.4, 0.5) is 5.69 Å². The molecule has 1 saturated carbocycles. The Morgan fingerprint density at radius 1 is 1.40 bits per heavy atom. The molecule has 0 bridgehead atoms. The molecule has 1 fully saturated rings. The van der Waals surface area contributed by atoms with Gasteiger partial charge in [0.05, 0.1) is 17.6 Å². The third kappa shape index (κ3) is 1.29. The smallest absolute Gasteiger partial charge is 0.123 e. The van der Waals surface area contributed by atoms with Crippen molar-refractivity contribution in [3.63, 3.8) is 0 Å². The Balaban J connectivity index is 2.28. The molecule has 15 heavy (non-hydrogen) atoms. The fraction of sp³-hybridized carbons (Fsp3) is 0.364. The maximum atomic E-state index is 5.74. The van der Waals surface area contributed by atoms with Crippen molar-refractivity contribution in [1.82, 2.24) is 9.55 Å². The van der Waals surface area contributed by atoms with Crippen LogP contribution in [0.3, 0.4) is 0 Å². The number of fused-ring (bicyclic) bond motifs is 1. The number of imidazole rings is 1. The van der Waals surface area contributed by atoms with Crippen LogP contribution in [-0.2, 0) is 6.54 Å². The molecular formula is C11H14N4. The lowest BCUT2D eigenvalue weighted by atomic mass is 10.3. The molecule has 0 spiro atoms. The van der Waals surface area contributed by atoms with Crippen molar-refractivity contribution in [2.45, 2.75) is 25.4 Å². The second-order valence-electron chi connectivity index (χ2n) is 4.08. The van der Waals surface area contributed by atoms with Gasteiger partial charge < -0.3 is 16.0 Å². The average molecular weight is 202 g/mol. The van der Waals surface area contributed by atoms with E-state index >= 15 is 0 Å². The monoisotopic (exact) mass is 202 g/mol. The number of aromatic nitrogens is 2. The Labute approximate surface area is 87.9 Å². The summed E-state index contributed by atoms with van der Waals surface area (Å²) in [4.78, 5) is 4.51. The van der Waals surface area contributed by atoms with Crippen molar-refractivity contribution in [3.8, 4) is 0 Å². The number of rotatable bonds is 2. The Morgan fingerprint density at radius 2 is 2.20 bits per heavy atom. The van der Waals surface area contributed by atoms with Crippen molar-refractivity contribution < 1.29 is 0 Å². The highest BCUT2D eigenvalue weighted by Crippen LogP contribution is 2.38. The number of nitrogens with two attached hydrogens (primary N) is 2. The number of nitrogens with zero attached hydrogens (tertiary/aromatic N) is 2. The predicted molar refractivity (Wildman–Crippen MR) is 60.3 cm³/mol. The summed E-state index contributed by atoms with van der Waals surface area (Å²) in [7, 11) is 0. The molecular weight excluding hydrogens is 188 g/mol. The van der Waals surface area contributed by atoms with Gasteiger partial charge >= 0.3 is 0 Å². The largest absolute Gasteiger partial charge is 0.399 e. The summed E-state index contributed by atoms with van der Waals surface area (Å²) in [5, 5.41) is 0. The van der Waals surface area contributed by atoms with Crippen LogP contribution in [-0.4, -0.2) is 9.55 Å². The Hall–Kier alpha value is -1.55. The fourth-order valence-corrected chi connectivity index (χ4v) is 2.05. The first kappa shape index (κ1) is 8.73. The molecule has 0 radical (unpaired) electrons. The molecule has 3 rings (SSSR count). The minimum absolute atomic E-state index is 0.491. The zero-order chi connectivity index (χ0) is 10.4. The summed E-state index contributed by atoms with van der Waals surface area (Å²) in [6.45, 7) is 0.491. The molecule has 4 heteroatoms. The maximum absolute atomic E-state index is 5.74. The van der Waals surface area contributed by atoms with Crippen molar-refractivity contribution in [3.05, 3.63) is 24.0 Å². The van der Waals surface area contributed by atoms with Crippen molar-refractivity contribution in [1.29, 1.82) is 0 Å². The SMILES string of the molecule is NCc1nc2cc(N)ccc2n1C1CC1. The highest BCUT2D eigenvalue weighted by molar-refractivity contribution is 5.80. The molecule has 0 aliphatic heterocycles. The zero-order valence-corrected chi connectivity index (χ0v) is 8.48. The van der Waals surface area contributed by atoms with Crippen LogP contribution in [0.1, 0.15) is 24.7 Å². The second kappa shape index (κ2) is 2.97. The molecule has 0 atom stereocenters. The van der Waals surface area contributed by atoms with Gasteiger partial charge in [0.15, 0.2) is 0 Å². The van der Waals surface area contributed by atoms with Gasteiger partial charge in [-0.15, -0.1) is 0 Å². The van der Waals surface area contributed by atoms with E-state index < -0.39 is 0 Å². The summed E-state index contributed by atoms with van der Waals surface area (Å²) in [5.41, 5.74) is 14.3. The van der Waals surface area contributed by atoms with Gasteiger partial charge in [-0.3, -0.25) is 0 Å². The van der Waals surface area contributed by atoms with Crippen LogP contribution in [0.25, 0.3) is 11.0 Å². The minimum Gasteiger partial charge on any atom is -0.399 e. The number of nitrogen functional groups attached to an aromatic ring is 1. The molecule has 1 aromatic carbocycles. The van der Waals surface area contributed by atoms with Crippen molar-refractivity contribution >= 4 is 16.7 Å². The molecule has 1 aromatic heterocycles. The van der Waals surface area contributed by atoms with Crippen LogP contribution < -0.4 is 11.5 Å². The van der Waals surface area contributed by atoms with Crippen LogP contribution >= 0.6 is 0 Å². The number of hydrogen-bond acceptors (Lipinski definition) is 3. The molecule has 0 unspecified atom stereocenters. The molecule has 78 valence electrons. The molecule has 1 aliphatic carbocycles. The lowest BCUT2D eigenvalue weighted by Crippen LogP contribution is -2.06. The van der Waals surface area contributed by atoms with E-state index in [1.165, 1.54) is 12.8 Å². The lowest BCUT2D eigenvalue weighted by Gasteiger charge is -2.05. The van der Waals surface area contributed by atoms with E-state index in [1.54, 1.807) is 0 Å². The van der Waals surface area contributed by atoms with Crippen molar-refractivity contribution in [2.24, 2.45) is 5.73 Å². The molecule has 1 heterocycles. The third-order valence-electron chi connectivity index (χ3n) is 2.88. The highest BCUT2D eigenvalue weighted by atomic mass is 15.1. The summed E-state index contributed by atoms with van der Waals surface area (Å²) >= 11 is 0. The summed E-state index contributed by atoms with van der Waals surface area (Å²) in [5.74, 6) is 0.970. The molecule has 4 nitrogen and oxygen atoms in total. The Kier molecular flexibility index (Phi) is 1.73. The van der Waals surface area contributed by atoms with Crippen LogP contribution in [0.2, 0.25) is 0 Å². The van der Waals surface area contributed by atoms with E-state index in [1.807, 2.05) is 18.2 Å². The van der Waals surface area contributed by atoms with Gasteiger partial charge in [0, 0.05) is 11.7 Å². The molecule has 4 N–H and O–H groups in total. The minimum atomic E-state index is 0.491. The van der Waals surface area contributed by atoms with Crippen LogP contribution in [0.5, 0.6) is 0 Å². The average Bonchev–Trinajstić information content (AvgIpc) is 2.99. The molecule has 0 saturated heterocycles. The number of hydrogen-bond donors (Lipinski definition) is 2. The predicted octanol–water partition coefficient (Wildman–Crippen LogP) is 1.41. The zero-order valence-electron chi connectivity index (χ0n) is 8.48. The number of benzene rings is 1. The summed E-state index contributed by atoms with van der Waals surface area (Å²) in [6.07, 6.45) is 2.48. The van der Waals surface area contributed by atoms with Gasteiger partial charge in [0.2, 0.25) is 0 Å². The molecule has 2 aromatic rings. The second-order valence-corrected chi connectivity index (χ2v) is 4.08. The van der Waals surface area contributed by atoms with Crippen LogP contribution in [0.15, 0.2) is 18.2 Å². The quantitative estimate of drug-likeness (QED) is 0.723. The van der Waals surface area contributed by atoms with Crippen molar-refractivity contribution in [2.75, 3.05) is 5.73 Å². The van der Waals surface area contributed by atoms with E-state index in [0.717, 1.165) is 22.5 Å². The van der Waals surface area contributed by atoms with E-state index in [9.17, 15) is 0 Å². The van der Waals surface area contributed by atoms with Gasteiger partial charge in [-0.2, -0.15) is 0 Å². The van der Waals surface area contributed by atoms with Gasteiger partial charge in [-0.1, -0.05) is 0 Å². The van der Waals surface area contributed by atoms with Gasteiger partial charge in [-0.05, 0) is 31.0 Å². The van der Waals surface area contributed by atoms with E-state index in [2.05, 4.69) is 9.55 Å². The first-order chi connectivity index (χ1) is 7.29. The molecule has 1 aliphatic rings. The lowest BCUT2D eigenvalue weighted by molar-refractivity contribution is 0.701. The first-order valence-corrected chi connectivity index (χ1v) is 5.26. The normalized spacial score (nSPS) is 16.1.